The molecule has 0 atom stereocenters. The molecule has 2 N–H and O–H groups in total. The van der Waals surface area contributed by atoms with Crippen molar-refractivity contribution in [2.24, 2.45) is 0 Å². The van der Waals surface area contributed by atoms with Crippen molar-refractivity contribution >= 4 is 28.9 Å². The normalized spacial score (nSPS) is 10.5. The third kappa shape index (κ3) is 6.22. The van der Waals surface area contributed by atoms with Gasteiger partial charge >= 0.3 is 0 Å². The summed E-state index contributed by atoms with van der Waals surface area (Å²) in [4.78, 5) is 13.9. The van der Waals surface area contributed by atoms with Crippen molar-refractivity contribution < 1.29 is 4.79 Å². The van der Waals surface area contributed by atoms with Gasteiger partial charge in [0.1, 0.15) is 0 Å². The van der Waals surface area contributed by atoms with Gasteiger partial charge in [-0.25, -0.2) is 0 Å². The van der Waals surface area contributed by atoms with Crippen LogP contribution in [0.4, 0.5) is 11.4 Å². The topological polar surface area (TPSA) is 44.4 Å². The molecule has 0 saturated heterocycles. The van der Waals surface area contributed by atoms with Gasteiger partial charge in [-0.05, 0) is 54.9 Å². The lowest BCUT2D eigenvalue weighted by molar-refractivity contribution is -0.116. The number of carbonyl (C=O) groups excluding carboxylic acids is 1. The summed E-state index contributed by atoms with van der Waals surface area (Å²) in [6.45, 7) is 1.50. The van der Waals surface area contributed by atoms with Gasteiger partial charge < -0.3 is 15.5 Å². The van der Waals surface area contributed by atoms with Crippen LogP contribution in [0, 0.1) is 0 Å². The van der Waals surface area contributed by atoms with Crippen LogP contribution in [0.3, 0.4) is 0 Å². The molecule has 2 aromatic carbocycles. The SMILES string of the molecule is CN(C)c1ccc(NC(=O)CCNCCc2ccc(Cl)cc2)cc1. The lowest BCUT2D eigenvalue weighted by Crippen LogP contribution is -2.23. The van der Waals surface area contributed by atoms with Crippen LogP contribution in [0.1, 0.15) is 12.0 Å². The van der Waals surface area contributed by atoms with E-state index in [1.807, 2.05) is 67.5 Å². The molecule has 0 saturated carbocycles. The minimum absolute atomic E-state index is 0.0200. The van der Waals surface area contributed by atoms with E-state index >= 15 is 0 Å². The number of anilines is 2. The predicted molar refractivity (Wildman–Crippen MR) is 102 cm³/mol. The quantitative estimate of drug-likeness (QED) is 0.719. The molecule has 0 heterocycles. The van der Waals surface area contributed by atoms with E-state index in [9.17, 15) is 4.79 Å². The Bertz CT molecular complexity index is 639. The molecule has 4 nitrogen and oxygen atoms in total. The summed E-state index contributed by atoms with van der Waals surface area (Å²) in [6.07, 6.45) is 1.38. The summed E-state index contributed by atoms with van der Waals surface area (Å²) in [6, 6.07) is 15.6. The molecule has 1 amide bonds. The van der Waals surface area contributed by atoms with Gasteiger partial charge in [0.15, 0.2) is 0 Å². The fourth-order valence-corrected chi connectivity index (χ4v) is 2.40. The van der Waals surface area contributed by atoms with Crippen molar-refractivity contribution in [1.29, 1.82) is 0 Å². The highest BCUT2D eigenvalue weighted by Gasteiger charge is 2.03. The maximum atomic E-state index is 11.9. The van der Waals surface area contributed by atoms with Crippen LogP contribution in [0.15, 0.2) is 48.5 Å². The second-order valence-electron chi connectivity index (χ2n) is 5.87. The van der Waals surface area contributed by atoms with Crippen LogP contribution >= 0.6 is 11.6 Å². The average Bonchev–Trinajstić information content (AvgIpc) is 2.56. The van der Waals surface area contributed by atoms with Crippen molar-refractivity contribution in [1.82, 2.24) is 5.32 Å². The average molecular weight is 346 g/mol. The highest BCUT2D eigenvalue weighted by Crippen LogP contribution is 2.15. The smallest absolute Gasteiger partial charge is 0.225 e. The first-order chi connectivity index (χ1) is 11.5. The number of rotatable bonds is 8. The number of hydrogen-bond acceptors (Lipinski definition) is 3. The van der Waals surface area contributed by atoms with Crippen molar-refractivity contribution in [3.05, 3.63) is 59.1 Å². The van der Waals surface area contributed by atoms with Gasteiger partial charge in [0.25, 0.3) is 0 Å². The van der Waals surface area contributed by atoms with Crippen molar-refractivity contribution in [3.63, 3.8) is 0 Å². The first-order valence-corrected chi connectivity index (χ1v) is 8.45. The van der Waals surface area contributed by atoms with E-state index < -0.39 is 0 Å². The molecule has 128 valence electrons. The van der Waals surface area contributed by atoms with Gasteiger partial charge in [-0.15, -0.1) is 0 Å². The summed E-state index contributed by atoms with van der Waals surface area (Å²) >= 11 is 5.86. The number of benzene rings is 2. The molecule has 0 bridgehead atoms. The molecule has 5 heteroatoms. The Morgan fingerprint density at radius 3 is 2.29 bits per heavy atom. The fourth-order valence-electron chi connectivity index (χ4n) is 2.28. The Labute approximate surface area is 148 Å². The lowest BCUT2D eigenvalue weighted by atomic mass is 10.1. The molecule has 0 radical (unpaired) electrons. The zero-order chi connectivity index (χ0) is 17.4. The Morgan fingerprint density at radius 2 is 1.67 bits per heavy atom. The van der Waals surface area contributed by atoms with E-state index in [1.54, 1.807) is 0 Å². The van der Waals surface area contributed by atoms with Gasteiger partial charge in [0, 0.05) is 43.5 Å². The van der Waals surface area contributed by atoms with Gasteiger partial charge in [-0.3, -0.25) is 4.79 Å². The van der Waals surface area contributed by atoms with Gasteiger partial charge in [0.05, 0.1) is 0 Å². The molecule has 24 heavy (non-hydrogen) atoms. The molecular weight excluding hydrogens is 322 g/mol. The number of nitrogens with one attached hydrogen (secondary N) is 2. The van der Waals surface area contributed by atoms with Crippen molar-refractivity contribution in [2.45, 2.75) is 12.8 Å². The maximum absolute atomic E-state index is 11.9. The van der Waals surface area contributed by atoms with E-state index in [2.05, 4.69) is 10.6 Å². The molecule has 2 aromatic rings. The number of hydrogen-bond donors (Lipinski definition) is 2. The second kappa shape index (κ2) is 9.30. The largest absolute Gasteiger partial charge is 0.378 e. The standard InChI is InChI=1S/C19H24ClN3O/c1-23(2)18-9-7-17(8-10-18)22-19(24)12-14-21-13-11-15-3-5-16(20)6-4-15/h3-10,21H,11-14H2,1-2H3,(H,22,24). The van der Waals surface area contributed by atoms with Gasteiger partial charge in [-0.1, -0.05) is 23.7 Å². The number of carbonyl (C=O) groups is 1. The first kappa shape index (κ1) is 18.3. The number of halogens is 1. The third-order valence-corrected chi connectivity index (χ3v) is 3.95. The maximum Gasteiger partial charge on any atom is 0.225 e. The number of nitrogens with zero attached hydrogens (tertiary/aromatic N) is 1. The van der Waals surface area contributed by atoms with E-state index in [1.165, 1.54) is 5.56 Å². The summed E-state index contributed by atoms with van der Waals surface area (Å²) in [5, 5.41) is 6.95. The van der Waals surface area contributed by atoms with Crippen molar-refractivity contribution in [3.8, 4) is 0 Å². The van der Waals surface area contributed by atoms with Crippen LogP contribution in [0.2, 0.25) is 5.02 Å². The Balaban J connectivity index is 1.63. The summed E-state index contributed by atoms with van der Waals surface area (Å²) in [7, 11) is 3.98. The van der Waals surface area contributed by atoms with E-state index in [-0.39, 0.29) is 5.91 Å². The monoisotopic (exact) mass is 345 g/mol. The Hall–Kier alpha value is -2.04. The molecule has 0 aliphatic rings. The molecular formula is C19H24ClN3O. The molecule has 2 rings (SSSR count). The molecule has 0 aliphatic carbocycles. The first-order valence-electron chi connectivity index (χ1n) is 8.07. The van der Waals surface area contributed by atoms with E-state index in [0.717, 1.165) is 29.4 Å². The molecule has 0 fully saturated rings. The minimum atomic E-state index is 0.0200. The van der Waals surface area contributed by atoms with Crippen LogP contribution in [0.25, 0.3) is 0 Å². The second-order valence-corrected chi connectivity index (χ2v) is 6.30. The molecule has 0 aliphatic heterocycles. The van der Waals surface area contributed by atoms with Crippen LogP contribution in [-0.4, -0.2) is 33.1 Å². The Morgan fingerprint density at radius 1 is 1.00 bits per heavy atom. The van der Waals surface area contributed by atoms with Gasteiger partial charge in [-0.2, -0.15) is 0 Å². The molecule has 0 unspecified atom stereocenters. The third-order valence-electron chi connectivity index (χ3n) is 3.70. The molecule has 0 spiro atoms. The van der Waals surface area contributed by atoms with E-state index in [4.69, 9.17) is 11.6 Å². The summed E-state index contributed by atoms with van der Waals surface area (Å²) in [5.74, 6) is 0.0200. The highest BCUT2D eigenvalue weighted by molar-refractivity contribution is 6.30. The van der Waals surface area contributed by atoms with Crippen LogP contribution in [0.5, 0.6) is 0 Å². The van der Waals surface area contributed by atoms with Gasteiger partial charge in [0.2, 0.25) is 5.91 Å². The van der Waals surface area contributed by atoms with E-state index in [0.29, 0.717) is 13.0 Å². The van der Waals surface area contributed by atoms with Crippen LogP contribution < -0.4 is 15.5 Å². The zero-order valence-corrected chi connectivity index (χ0v) is 14.9. The summed E-state index contributed by atoms with van der Waals surface area (Å²) in [5.41, 5.74) is 3.17. The number of amides is 1. The lowest BCUT2D eigenvalue weighted by Gasteiger charge is -2.13. The highest BCUT2D eigenvalue weighted by atomic mass is 35.5. The predicted octanol–water partition coefficient (Wildman–Crippen LogP) is 3.57. The zero-order valence-electron chi connectivity index (χ0n) is 14.2. The Kier molecular flexibility index (Phi) is 7.09. The minimum Gasteiger partial charge on any atom is -0.378 e. The molecule has 0 aromatic heterocycles. The van der Waals surface area contributed by atoms with Crippen molar-refractivity contribution in [2.75, 3.05) is 37.4 Å². The van der Waals surface area contributed by atoms with Crippen LogP contribution in [-0.2, 0) is 11.2 Å². The fraction of sp³-hybridized carbons (Fsp3) is 0.316. The summed E-state index contributed by atoms with van der Waals surface area (Å²) < 4.78 is 0.